The number of hydrogen-bond acceptors (Lipinski definition) is 5. The first-order valence-corrected chi connectivity index (χ1v) is 9.37. The van der Waals surface area contributed by atoms with E-state index in [2.05, 4.69) is 9.88 Å². The highest BCUT2D eigenvalue weighted by molar-refractivity contribution is 5.79. The molecule has 4 rings (SSSR count). The van der Waals surface area contributed by atoms with E-state index in [1.165, 1.54) is 0 Å². The Balaban J connectivity index is 1.37. The van der Waals surface area contributed by atoms with Crippen LogP contribution in [0.1, 0.15) is 18.4 Å². The summed E-state index contributed by atoms with van der Waals surface area (Å²) >= 11 is 0. The van der Waals surface area contributed by atoms with Crippen LogP contribution in [0.2, 0.25) is 0 Å². The SMILES string of the molecule is O=C(Cc1ccncc1)N1C[C@H]2C[C@@H](N3CCOCC3)[C@H](O)C[C@H]2C1. The maximum atomic E-state index is 12.6. The topological polar surface area (TPSA) is 65.9 Å². The Bertz CT molecular complexity index is 591. The number of carbonyl (C=O) groups excluding carboxylic acids is 1. The van der Waals surface area contributed by atoms with Crippen LogP contribution in [0, 0.1) is 11.8 Å². The molecule has 0 spiro atoms. The molecule has 0 aromatic carbocycles. The molecule has 0 bridgehead atoms. The number of aliphatic hydroxyl groups excluding tert-OH is 1. The normalized spacial score (nSPS) is 33.2. The lowest BCUT2D eigenvalue weighted by atomic mass is 9.77. The summed E-state index contributed by atoms with van der Waals surface area (Å²) in [6, 6.07) is 4.03. The van der Waals surface area contributed by atoms with Crippen molar-refractivity contribution in [2.45, 2.75) is 31.4 Å². The van der Waals surface area contributed by atoms with Crippen LogP contribution in [0.15, 0.2) is 24.5 Å². The minimum atomic E-state index is -0.283. The maximum Gasteiger partial charge on any atom is 0.227 e. The lowest BCUT2D eigenvalue weighted by Crippen LogP contribution is -2.53. The van der Waals surface area contributed by atoms with Gasteiger partial charge in [0.1, 0.15) is 0 Å². The Kier molecular flexibility index (Phi) is 5.01. The summed E-state index contributed by atoms with van der Waals surface area (Å²) < 4.78 is 5.44. The first kappa shape index (κ1) is 16.9. The maximum absolute atomic E-state index is 12.6. The second-order valence-corrected chi connectivity index (χ2v) is 7.61. The summed E-state index contributed by atoms with van der Waals surface area (Å²) in [6.45, 7) is 4.96. The third kappa shape index (κ3) is 3.71. The third-order valence-electron chi connectivity index (χ3n) is 6.08. The van der Waals surface area contributed by atoms with E-state index < -0.39 is 0 Å². The number of amides is 1. The molecule has 136 valence electrons. The Morgan fingerprint density at radius 1 is 1.16 bits per heavy atom. The molecule has 3 fully saturated rings. The first-order valence-electron chi connectivity index (χ1n) is 9.37. The average molecular weight is 345 g/mol. The van der Waals surface area contributed by atoms with Crippen LogP contribution in [-0.4, -0.2) is 77.3 Å². The van der Waals surface area contributed by atoms with Gasteiger partial charge in [-0.05, 0) is 42.4 Å². The molecule has 3 aliphatic rings. The summed E-state index contributed by atoms with van der Waals surface area (Å²) in [5, 5.41) is 10.6. The minimum absolute atomic E-state index is 0.193. The van der Waals surface area contributed by atoms with Crippen molar-refractivity contribution in [3.8, 4) is 0 Å². The van der Waals surface area contributed by atoms with E-state index in [4.69, 9.17) is 4.74 Å². The molecule has 4 atom stereocenters. The van der Waals surface area contributed by atoms with Crippen LogP contribution in [0.4, 0.5) is 0 Å². The van der Waals surface area contributed by atoms with E-state index >= 15 is 0 Å². The van der Waals surface area contributed by atoms with Gasteiger partial charge in [-0.25, -0.2) is 0 Å². The Labute approximate surface area is 148 Å². The van der Waals surface area contributed by atoms with Crippen LogP contribution >= 0.6 is 0 Å². The van der Waals surface area contributed by atoms with Crippen LogP contribution in [0.3, 0.4) is 0 Å². The van der Waals surface area contributed by atoms with Crippen molar-refractivity contribution in [1.82, 2.24) is 14.8 Å². The highest BCUT2D eigenvalue weighted by atomic mass is 16.5. The van der Waals surface area contributed by atoms with Gasteiger partial charge in [-0.2, -0.15) is 0 Å². The average Bonchev–Trinajstić information content (AvgIpc) is 3.05. The van der Waals surface area contributed by atoms with Crippen molar-refractivity contribution >= 4 is 5.91 Å². The fraction of sp³-hybridized carbons (Fsp3) is 0.684. The van der Waals surface area contributed by atoms with Gasteiger partial charge in [0.15, 0.2) is 0 Å². The zero-order valence-electron chi connectivity index (χ0n) is 14.6. The lowest BCUT2D eigenvalue weighted by molar-refractivity contribution is -0.129. The van der Waals surface area contributed by atoms with Crippen molar-refractivity contribution < 1.29 is 14.6 Å². The van der Waals surface area contributed by atoms with E-state index in [-0.39, 0.29) is 18.1 Å². The molecule has 1 aromatic rings. The zero-order chi connectivity index (χ0) is 17.2. The van der Waals surface area contributed by atoms with Crippen LogP contribution in [-0.2, 0) is 16.0 Å². The van der Waals surface area contributed by atoms with E-state index in [0.717, 1.165) is 57.8 Å². The smallest absolute Gasteiger partial charge is 0.227 e. The molecule has 2 aliphatic heterocycles. The number of nitrogens with zero attached hydrogens (tertiary/aromatic N) is 3. The van der Waals surface area contributed by atoms with Gasteiger partial charge in [-0.15, -0.1) is 0 Å². The van der Waals surface area contributed by atoms with E-state index in [0.29, 0.717) is 18.3 Å². The lowest BCUT2D eigenvalue weighted by Gasteiger charge is -2.43. The summed E-state index contributed by atoms with van der Waals surface area (Å²) in [5.74, 6) is 1.14. The molecule has 1 N–H and O–H groups in total. The van der Waals surface area contributed by atoms with Gasteiger partial charge in [0.05, 0.1) is 25.7 Å². The van der Waals surface area contributed by atoms with Gasteiger partial charge >= 0.3 is 0 Å². The zero-order valence-corrected chi connectivity index (χ0v) is 14.6. The summed E-state index contributed by atoms with van der Waals surface area (Å²) in [7, 11) is 0. The number of likely N-dealkylation sites (tertiary alicyclic amines) is 1. The number of carbonyl (C=O) groups is 1. The second kappa shape index (κ2) is 7.40. The molecule has 3 heterocycles. The van der Waals surface area contributed by atoms with Crippen LogP contribution in [0.25, 0.3) is 0 Å². The largest absolute Gasteiger partial charge is 0.391 e. The predicted molar refractivity (Wildman–Crippen MR) is 92.9 cm³/mol. The molecule has 6 nitrogen and oxygen atoms in total. The fourth-order valence-corrected chi connectivity index (χ4v) is 4.70. The number of aliphatic hydroxyl groups is 1. The van der Waals surface area contributed by atoms with Crippen molar-refractivity contribution in [3.63, 3.8) is 0 Å². The predicted octanol–water partition coefficient (Wildman–Crippen LogP) is 0.554. The number of ether oxygens (including phenoxy) is 1. The molecular formula is C19H27N3O3. The number of hydrogen-bond donors (Lipinski definition) is 1. The summed E-state index contributed by atoms with van der Waals surface area (Å²) in [5.41, 5.74) is 1.01. The molecule has 1 aliphatic carbocycles. The third-order valence-corrected chi connectivity index (χ3v) is 6.08. The minimum Gasteiger partial charge on any atom is -0.391 e. The van der Waals surface area contributed by atoms with Gasteiger partial charge in [0, 0.05) is 44.6 Å². The number of pyridine rings is 1. The van der Waals surface area contributed by atoms with E-state index in [9.17, 15) is 9.90 Å². The van der Waals surface area contributed by atoms with Gasteiger partial charge in [-0.3, -0.25) is 14.7 Å². The molecule has 0 radical (unpaired) electrons. The highest BCUT2D eigenvalue weighted by Gasteiger charge is 2.44. The van der Waals surface area contributed by atoms with Crippen LogP contribution < -0.4 is 0 Å². The van der Waals surface area contributed by atoms with E-state index in [1.807, 2.05) is 17.0 Å². The second-order valence-electron chi connectivity index (χ2n) is 7.61. The van der Waals surface area contributed by atoms with Crippen LogP contribution in [0.5, 0.6) is 0 Å². The molecule has 1 aromatic heterocycles. The quantitative estimate of drug-likeness (QED) is 0.867. The number of aromatic nitrogens is 1. The Morgan fingerprint density at radius 2 is 1.84 bits per heavy atom. The molecule has 6 heteroatoms. The highest BCUT2D eigenvalue weighted by Crippen LogP contribution is 2.38. The molecule has 25 heavy (non-hydrogen) atoms. The van der Waals surface area contributed by atoms with Crippen molar-refractivity contribution in [1.29, 1.82) is 0 Å². The fourth-order valence-electron chi connectivity index (χ4n) is 4.70. The molecule has 0 unspecified atom stereocenters. The van der Waals surface area contributed by atoms with Crippen molar-refractivity contribution in [2.75, 3.05) is 39.4 Å². The number of fused-ring (bicyclic) bond motifs is 1. The Hall–Kier alpha value is -1.50. The molecule has 2 saturated heterocycles. The number of morpholine rings is 1. The van der Waals surface area contributed by atoms with Gasteiger partial charge < -0.3 is 14.7 Å². The first-order chi connectivity index (χ1) is 12.2. The Morgan fingerprint density at radius 3 is 2.56 bits per heavy atom. The monoisotopic (exact) mass is 345 g/mol. The number of rotatable bonds is 3. The van der Waals surface area contributed by atoms with Gasteiger partial charge in [0.25, 0.3) is 0 Å². The van der Waals surface area contributed by atoms with Gasteiger partial charge in [0.2, 0.25) is 5.91 Å². The van der Waals surface area contributed by atoms with E-state index in [1.54, 1.807) is 12.4 Å². The standard InChI is InChI=1S/C19H27N3O3/c23-18-11-16-13-22(19(24)9-14-1-3-20-4-2-14)12-15(16)10-17(18)21-5-7-25-8-6-21/h1-4,15-18,23H,5-13H2/t15-,16+,17-,18-/m1/s1. The summed E-state index contributed by atoms with van der Waals surface area (Å²) in [4.78, 5) is 21.0. The van der Waals surface area contributed by atoms with Gasteiger partial charge in [-0.1, -0.05) is 0 Å². The molecular weight excluding hydrogens is 318 g/mol. The van der Waals surface area contributed by atoms with Crippen molar-refractivity contribution in [2.24, 2.45) is 11.8 Å². The summed E-state index contributed by atoms with van der Waals surface area (Å²) in [6.07, 6.45) is 5.42. The van der Waals surface area contributed by atoms with Crippen molar-refractivity contribution in [3.05, 3.63) is 30.1 Å². The molecule has 1 amide bonds. The molecule has 1 saturated carbocycles.